The summed E-state index contributed by atoms with van der Waals surface area (Å²) in [6.45, 7) is 0.617. The summed E-state index contributed by atoms with van der Waals surface area (Å²) in [6.07, 6.45) is 2.94. The van der Waals surface area contributed by atoms with Crippen molar-refractivity contribution in [1.29, 1.82) is 0 Å². The topological polar surface area (TPSA) is 93.5 Å². The van der Waals surface area contributed by atoms with Gasteiger partial charge in [-0.3, -0.25) is 9.59 Å². The maximum atomic E-state index is 12.1. The van der Waals surface area contributed by atoms with Crippen LogP contribution in [-0.2, 0) is 9.59 Å². The van der Waals surface area contributed by atoms with E-state index in [0.29, 0.717) is 30.2 Å². The van der Waals surface area contributed by atoms with Crippen molar-refractivity contribution in [3.63, 3.8) is 0 Å². The molecule has 0 spiro atoms. The van der Waals surface area contributed by atoms with Crippen molar-refractivity contribution in [2.24, 2.45) is 0 Å². The van der Waals surface area contributed by atoms with Crippen LogP contribution in [0.25, 0.3) is 0 Å². The van der Waals surface area contributed by atoms with Crippen LogP contribution in [0.15, 0.2) is 83.8 Å². The number of ether oxygens (including phenoxy) is 1. The molecule has 6 nitrogen and oxygen atoms in total. The summed E-state index contributed by atoms with van der Waals surface area (Å²) >= 11 is 1.48. The first kappa shape index (κ1) is 24.2. The number of anilines is 2. The number of hydrogen-bond donors (Lipinski definition) is 3. The molecule has 33 heavy (non-hydrogen) atoms. The molecule has 3 aromatic carbocycles. The van der Waals surface area contributed by atoms with Crippen LogP contribution in [0, 0.1) is 0 Å². The molecule has 0 radical (unpaired) electrons. The van der Waals surface area contributed by atoms with Crippen molar-refractivity contribution < 1.29 is 14.3 Å². The lowest BCUT2D eigenvalue weighted by Crippen LogP contribution is -2.26. The molecule has 0 atom stereocenters. The van der Waals surface area contributed by atoms with Crippen molar-refractivity contribution in [3.05, 3.63) is 78.9 Å². The van der Waals surface area contributed by atoms with Crippen LogP contribution in [0.3, 0.4) is 0 Å². The lowest BCUT2D eigenvalue weighted by atomic mass is 10.2. The van der Waals surface area contributed by atoms with Crippen LogP contribution in [0.2, 0.25) is 0 Å². The number of carbonyl (C=O) groups is 2. The van der Waals surface area contributed by atoms with E-state index in [-0.39, 0.29) is 11.8 Å². The van der Waals surface area contributed by atoms with Crippen LogP contribution >= 0.6 is 11.8 Å². The zero-order chi connectivity index (χ0) is 23.3. The molecule has 0 aliphatic carbocycles. The highest BCUT2D eigenvalue weighted by molar-refractivity contribution is 8.00. The van der Waals surface area contributed by atoms with Gasteiger partial charge in [-0.05, 0) is 73.5 Å². The molecule has 0 aliphatic rings. The molecule has 0 saturated heterocycles. The van der Waals surface area contributed by atoms with Gasteiger partial charge in [-0.2, -0.15) is 0 Å². The molecule has 0 fully saturated rings. The third-order valence-corrected chi connectivity index (χ3v) is 5.78. The summed E-state index contributed by atoms with van der Waals surface area (Å²) in [5.74, 6) is 1.85. The molecule has 3 aromatic rings. The van der Waals surface area contributed by atoms with Crippen LogP contribution in [-0.4, -0.2) is 24.1 Å². The van der Waals surface area contributed by atoms with E-state index in [0.717, 1.165) is 35.6 Å². The van der Waals surface area contributed by atoms with Crippen LogP contribution in [0.1, 0.15) is 25.7 Å². The van der Waals surface area contributed by atoms with Gasteiger partial charge in [0, 0.05) is 29.2 Å². The summed E-state index contributed by atoms with van der Waals surface area (Å²) < 4.78 is 5.75. The van der Waals surface area contributed by atoms with E-state index < -0.39 is 0 Å². The molecule has 3 rings (SSSR count). The van der Waals surface area contributed by atoms with E-state index >= 15 is 0 Å². The largest absolute Gasteiger partial charge is 0.457 e. The highest BCUT2D eigenvalue weighted by Gasteiger charge is 2.05. The maximum Gasteiger partial charge on any atom is 0.230 e. The molecule has 4 N–H and O–H groups in total. The summed E-state index contributed by atoms with van der Waals surface area (Å²) in [6, 6.07) is 24.3. The molecule has 0 aromatic heterocycles. The quantitative estimate of drug-likeness (QED) is 0.188. The van der Waals surface area contributed by atoms with Crippen molar-refractivity contribution in [1.82, 2.24) is 5.32 Å². The molecule has 0 bridgehead atoms. The number of thioether (sulfide) groups is 1. The van der Waals surface area contributed by atoms with E-state index in [4.69, 9.17) is 10.5 Å². The Kier molecular flexibility index (Phi) is 9.66. The van der Waals surface area contributed by atoms with Gasteiger partial charge in [0.2, 0.25) is 11.8 Å². The Morgan fingerprint density at radius 1 is 0.788 bits per heavy atom. The van der Waals surface area contributed by atoms with Gasteiger partial charge >= 0.3 is 0 Å². The van der Waals surface area contributed by atoms with Gasteiger partial charge in [0.1, 0.15) is 11.5 Å². The van der Waals surface area contributed by atoms with E-state index in [9.17, 15) is 9.59 Å². The number of nitrogens with one attached hydrogen (secondary N) is 2. The van der Waals surface area contributed by atoms with E-state index in [1.165, 1.54) is 11.8 Å². The average Bonchev–Trinajstić information content (AvgIpc) is 2.83. The number of hydrogen-bond acceptors (Lipinski definition) is 5. The SMILES string of the molecule is Nc1ccc(SCC(=O)NCCCCCC(=O)Nc2ccc(Oc3ccccc3)cc2)cc1. The van der Waals surface area contributed by atoms with Crippen molar-refractivity contribution in [3.8, 4) is 11.5 Å². The number of benzene rings is 3. The van der Waals surface area contributed by atoms with Crippen LogP contribution in [0.4, 0.5) is 11.4 Å². The summed E-state index contributed by atoms with van der Waals surface area (Å²) in [5, 5.41) is 5.82. The van der Waals surface area contributed by atoms with Crippen molar-refractivity contribution in [2.75, 3.05) is 23.3 Å². The Hall–Kier alpha value is -3.45. The number of nitrogen functional groups attached to an aromatic ring is 1. The number of carbonyl (C=O) groups excluding carboxylic acids is 2. The fraction of sp³-hybridized carbons (Fsp3) is 0.231. The van der Waals surface area contributed by atoms with E-state index in [2.05, 4.69) is 10.6 Å². The number of nitrogens with two attached hydrogens (primary N) is 1. The van der Waals surface area contributed by atoms with E-state index in [1.54, 1.807) is 0 Å². The van der Waals surface area contributed by atoms with Gasteiger partial charge in [-0.1, -0.05) is 24.6 Å². The minimum absolute atomic E-state index is 0.00857. The zero-order valence-corrected chi connectivity index (χ0v) is 19.3. The second kappa shape index (κ2) is 13.2. The Morgan fingerprint density at radius 3 is 2.21 bits per heavy atom. The number of amides is 2. The average molecular weight is 464 g/mol. The van der Waals surface area contributed by atoms with Crippen molar-refractivity contribution in [2.45, 2.75) is 30.6 Å². The van der Waals surface area contributed by atoms with E-state index in [1.807, 2.05) is 78.9 Å². The second-order valence-corrected chi connectivity index (χ2v) is 8.55. The van der Waals surface area contributed by atoms with Gasteiger partial charge in [-0.25, -0.2) is 0 Å². The maximum absolute atomic E-state index is 12.1. The first-order chi connectivity index (χ1) is 16.1. The molecule has 0 heterocycles. The number of rotatable bonds is 12. The van der Waals surface area contributed by atoms with Gasteiger partial charge in [-0.15, -0.1) is 11.8 Å². The first-order valence-electron chi connectivity index (χ1n) is 11.0. The first-order valence-corrected chi connectivity index (χ1v) is 11.9. The summed E-state index contributed by atoms with van der Waals surface area (Å²) in [5.41, 5.74) is 7.11. The zero-order valence-electron chi connectivity index (χ0n) is 18.5. The molecular formula is C26H29N3O3S. The minimum atomic E-state index is -0.0179. The predicted octanol–water partition coefficient (Wildman–Crippen LogP) is 5.47. The molecule has 172 valence electrons. The fourth-order valence-corrected chi connectivity index (χ4v) is 3.76. The smallest absolute Gasteiger partial charge is 0.230 e. The molecule has 0 aliphatic heterocycles. The van der Waals surface area contributed by atoms with Gasteiger partial charge in [0.25, 0.3) is 0 Å². The Labute approximate surface area is 198 Å². The minimum Gasteiger partial charge on any atom is -0.457 e. The summed E-state index contributed by atoms with van der Waals surface area (Å²) in [4.78, 5) is 25.1. The Morgan fingerprint density at radius 2 is 1.48 bits per heavy atom. The second-order valence-electron chi connectivity index (χ2n) is 7.51. The van der Waals surface area contributed by atoms with Gasteiger partial charge in [0.05, 0.1) is 5.75 Å². The highest BCUT2D eigenvalue weighted by Crippen LogP contribution is 2.23. The Bertz CT molecular complexity index is 1010. The number of unbranched alkanes of at least 4 members (excludes halogenated alkanes) is 2. The standard InChI is InChI=1S/C26H29N3O3S/c27-20-10-16-24(17-11-20)33-19-26(31)28-18-6-2-5-9-25(30)29-21-12-14-23(15-13-21)32-22-7-3-1-4-8-22/h1,3-4,7-8,10-17H,2,5-6,9,18-19,27H2,(H,28,31)(H,29,30). The molecule has 0 saturated carbocycles. The lowest BCUT2D eigenvalue weighted by Gasteiger charge is -2.08. The van der Waals surface area contributed by atoms with Crippen molar-refractivity contribution >= 4 is 35.0 Å². The highest BCUT2D eigenvalue weighted by atomic mass is 32.2. The Balaban J connectivity index is 1.24. The monoisotopic (exact) mass is 463 g/mol. The molecular weight excluding hydrogens is 434 g/mol. The third-order valence-electron chi connectivity index (χ3n) is 4.77. The fourth-order valence-electron chi connectivity index (χ4n) is 3.03. The van der Waals surface area contributed by atoms with Crippen LogP contribution < -0.4 is 21.1 Å². The third kappa shape index (κ3) is 9.29. The molecule has 7 heteroatoms. The normalized spacial score (nSPS) is 10.4. The molecule has 0 unspecified atom stereocenters. The van der Waals surface area contributed by atoms with Gasteiger partial charge in [0.15, 0.2) is 0 Å². The number of para-hydroxylation sites is 1. The van der Waals surface area contributed by atoms with Crippen LogP contribution in [0.5, 0.6) is 11.5 Å². The predicted molar refractivity (Wildman–Crippen MR) is 135 cm³/mol. The lowest BCUT2D eigenvalue weighted by molar-refractivity contribution is -0.118. The summed E-state index contributed by atoms with van der Waals surface area (Å²) in [7, 11) is 0. The molecule has 2 amide bonds. The van der Waals surface area contributed by atoms with Gasteiger partial charge < -0.3 is 21.1 Å².